The fourth-order valence-corrected chi connectivity index (χ4v) is 4.07. The van der Waals surface area contributed by atoms with E-state index in [1.165, 1.54) is 21.3 Å². The average Bonchev–Trinajstić information content (AvgIpc) is 2.85. The Morgan fingerprint density at radius 2 is 1.21 bits per heavy atom. The Balaban J connectivity index is 3.06. The summed E-state index contributed by atoms with van der Waals surface area (Å²) in [5.74, 6) is -3.36. The maximum absolute atomic E-state index is 13.7. The molecule has 9 heteroatoms. The quantitative estimate of drug-likeness (QED) is 0.298. The lowest BCUT2D eigenvalue weighted by atomic mass is 9.78. The third-order valence-corrected chi connectivity index (χ3v) is 5.86. The topological polar surface area (TPSA) is 109 Å². The molecule has 1 amide bonds. The lowest BCUT2D eigenvalue weighted by Gasteiger charge is -2.31. The average molecular weight is 544 g/mol. The molecular formula is C30H41NO8. The van der Waals surface area contributed by atoms with Crippen LogP contribution in [0.15, 0.2) is 36.4 Å². The number of para-hydroxylation sites is 1. The van der Waals surface area contributed by atoms with Crippen molar-refractivity contribution in [2.75, 3.05) is 26.6 Å². The van der Waals surface area contributed by atoms with Gasteiger partial charge in [-0.2, -0.15) is 0 Å². The first-order valence-corrected chi connectivity index (χ1v) is 12.9. The first kappa shape index (κ1) is 31.5. The highest BCUT2D eigenvalue weighted by molar-refractivity contribution is 6.00. The summed E-state index contributed by atoms with van der Waals surface area (Å²) in [6.07, 6.45) is -1.00. The van der Waals surface area contributed by atoms with Gasteiger partial charge < -0.3 is 29.0 Å². The predicted molar refractivity (Wildman–Crippen MR) is 148 cm³/mol. The van der Waals surface area contributed by atoms with Crippen molar-refractivity contribution in [2.45, 2.75) is 66.6 Å². The van der Waals surface area contributed by atoms with Crippen LogP contribution in [-0.4, -0.2) is 51.4 Å². The molecular weight excluding hydrogens is 502 g/mol. The number of ether oxygens (including phenoxy) is 5. The number of nitrogens with one attached hydrogen (secondary N) is 1. The van der Waals surface area contributed by atoms with Crippen LogP contribution in [0.1, 0.15) is 65.5 Å². The van der Waals surface area contributed by atoms with Crippen molar-refractivity contribution in [2.24, 2.45) is 11.3 Å². The number of carbonyl (C=O) groups is 3. The van der Waals surface area contributed by atoms with Gasteiger partial charge in [0.25, 0.3) is 0 Å². The van der Waals surface area contributed by atoms with E-state index in [0.29, 0.717) is 28.4 Å². The Kier molecular flexibility index (Phi) is 10.8. The van der Waals surface area contributed by atoms with Gasteiger partial charge in [-0.3, -0.25) is 14.4 Å². The minimum atomic E-state index is -1.47. The SMILES string of the molecule is COc1ccccc1C(c1c(OC)ccc(OC)c1NC(=O)C(C)(C)C)C(C(=O)OC(C)C)C(=O)OC(C)C. The summed E-state index contributed by atoms with van der Waals surface area (Å²) < 4.78 is 28.2. The number of benzene rings is 2. The second kappa shape index (κ2) is 13.4. The molecule has 214 valence electrons. The normalized spacial score (nSPS) is 12.2. The fourth-order valence-electron chi connectivity index (χ4n) is 4.07. The van der Waals surface area contributed by atoms with Gasteiger partial charge >= 0.3 is 11.9 Å². The van der Waals surface area contributed by atoms with E-state index >= 15 is 0 Å². The van der Waals surface area contributed by atoms with Crippen molar-refractivity contribution in [1.29, 1.82) is 0 Å². The maximum atomic E-state index is 13.7. The Bertz CT molecular complexity index is 1140. The highest BCUT2D eigenvalue weighted by Gasteiger charge is 2.44. The van der Waals surface area contributed by atoms with Crippen LogP contribution in [0.25, 0.3) is 0 Å². The van der Waals surface area contributed by atoms with Crippen LogP contribution in [0.3, 0.4) is 0 Å². The summed E-state index contributed by atoms with van der Waals surface area (Å²) in [6.45, 7) is 12.1. The number of hydrogen-bond donors (Lipinski definition) is 1. The van der Waals surface area contributed by atoms with Gasteiger partial charge in [-0.25, -0.2) is 0 Å². The van der Waals surface area contributed by atoms with Crippen molar-refractivity contribution in [3.05, 3.63) is 47.5 Å². The van der Waals surface area contributed by atoms with Gasteiger partial charge in [0.05, 0.1) is 39.2 Å². The molecule has 2 aromatic carbocycles. The molecule has 0 saturated carbocycles. The number of rotatable bonds is 11. The van der Waals surface area contributed by atoms with E-state index in [-0.39, 0.29) is 11.6 Å². The Hall–Kier alpha value is -3.75. The summed E-state index contributed by atoms with van der Waals surface area (Å²) in [5, 5.41) is 2.96. The standard InChI is InChI=1S/C30H41NO8/c1-17(2)38-27(32)25(28(33)39-18(3)4)23(19-13-11-12-14-20(19)35-8)24-21(36-9)15-16-22(37-10)26(24)31-29(34)30(5,6)7/h11-18,23,25H,1-10H3,(H,31,34). The van der Waals surface area contributed by atoms with E-state index in [4.69, 9.17) is 23.7 Å². The molecule has 0 aliphatic heterocycles. The molecule has 0 bridgehead atoms. The molecule has 1 unspecified atom stereocenters. The van der Waals surface area contributed by atoms with Crippen LogP contribution in [0.4, 0.5) is 5.69 Å². The predicted octanol–water partition coefficient (Wildman–Crippen LogP) is 5.35. The van der Waals surface area contributed by atoms with Crippen molar-refractivity contribution in [3.8, 4) is 17.2 Å². The van der Waals surface area contributed by atoms with Crippen molar-refractivity contribution in [1.82, 2.24) is 0 Å². The second-order valence-corrected chi connectivity index (χ2v) is 10.6. The molecule has 2 aromatic rings. The van der Waals surface area contributed by atoms with Crippen LogP contribution >= 0.6 is 0 Å². The van der Waals surface area contributed by atoms with Gasteiger partial charge in [-0.05, 0) is 45.9 Å². The first-order valence-electron chi connectivity index (χ1n) is 12.9. The van der Waals surface area contributed by atoms with E-state index in [1.54, 1.807) is 84.9 Å². The lowest BCUT2D eigenvalue weighted by Crippen LogP contribution is -2.37. The Morgan fingerprint density at radius 3 is 1.67 bits per heavy atom. The Morgan fingerprint density at radius 1 is 0.718 bits per heavy atom. The number of carbonyl (C=O) groups excluding carboxylic acids is 3. The van der Waals surface area contributed by atoms with Crippen LogP contribution < -0.4 is 19.5 Å². The van der Waals surface area contributed by atoms with Crippen molar-refractivity contribution < 1.29 is 38.1 Å². The van der Waals surface area contributed by atoms with Gasteiger partial charge in [0.2, 0.25) is 5.91 Å². The number of esters is 2. The largest absolute Gasteiger partial charge is 0.496 e. The van der Waals surface area contributed by atoms with Crippen LogP contribution in [0.2, 0.25) is 0 Å². The molecule has 0 spiro atoms. The van der Waals surface area contributed by atoms with E-state index in [0.717, 1.165) is 0 Å². The zero-order valence-corrected chi connectivity index (χ0v) is 24.5. The zero-order chi connectivity index (χ0) is 29.5. The molecule has 0 fully saturated rings. The van der Waals surface area contributed by atoms with Gasteiger partial charge in [-0.15, -0.1) is 0 Å². The highest BCUT2D eigenvalue weighted by Crippen LogP contribution is 2.49. The first-order chi connectivity index (χ1) is 18.3. The van der Waals surface area contributed by atoms with Crippen LogP contribution in [0.5, 0.6) is 17.2 Å². The highest BCUT2D eigenvalue weighted by atomic mass is 16.6. The number of hydrogen-bond acceptors (Lipinski definition) is 8. The molecule has 1 atom stereocenters. The molecule has 0 aliphatic rings. The third-order valence-electron chi connectivity index (χ3n) is 5.86. The number of anilines is 1. The van der Waals surface area contributed by atoms with Crippen molar-refractivity contribution in [3.63, 3.8) is 0 Å². The zero-order valence-electron chi connectivity index (χ0n) is 24.5. The minimum absolute atomic E-state index is 0.257. The Labute approximate surface area is 231 Å². The molecule has 1 N–H and O–H groups in total. The molecule has 0 radical (unpaired) electrons. The van der Waals surface area contributed by atoms with Gasteiger partial charge in [0, 0.05) is 22.5 Å². The van der Waals surface area contributed by atoms with Crippen LogP contribution in [0, 0.1) is 11.3 Å². The van der Waals surface area contributed by atoms with E-state index in [9.17, 15) is 14.4 Å². The summed E-state index contributed by atoms with van der Waals surface area (Å²) >= 11 is 0. The number of methoxy groups -OCH3 is 3. The minimum Gasteiger partial charge on any atom is -0.496 e. The van der Waals surface area contributed by atoms with Crippen LogP contribution in [-0.2, 0) is 23.9 Å². The third kappa shape index (κ3) is 7.65. The lowest BCUT2D eigenvalue weighted by molar-refractivity contribution is -0.167. The number of amides is 1. The van der Waals surface area contributed by atoms with E-state index in [1.807, 2.05) is 0 Å². The van der Waals surface area contributed by atoms with Gasteiger partial charge in [0.15, 0.2) is 5.92 Å². The van der Waals surface area contributed by atoms with Gasteiger partial charge in [-0.1, -0.05) is 39.0 Å². The van der Waals surface area contributed by atoms with Crippen molar-refractivity contribution >= 4 is 23.5 Å². The monoisotopic (exact) mass is 543 g/mol. The van der Waals surface area contributed by atoms with E-state index < -0.39 is 41.4 Å². The van der Waals surface area contributed by atoms with E-state index in [2.05, 4.69) is 5.32 Å². The summed E-state index contributed by atoms with van der Waals surface area (Å²) in [5.41, 5.74) is 0.319. The molecule has 0 heterocycles. The van der Waals surface area contributed by atoms with Gasteiger partial charge in [0.1, 0.15) is 17.2 Å². The smallest absolute Gasteiger partial charge is 0.321 e. The fraction of sp³-hybridized carbons (Fsp3) is 0.500. The second-order valence-electron chi connectivity index (χ2n) is 10.6. The summed E-state index contributed by atoms with van der Waals surface area (Å²) in [7, 11) is 4.43. The molecule has 9 nitrogen and oxygen atoms in total. The molecule has 39 heavy (non-hydrogen) atoms. The molecule has 2 rings (SSSR count). The summed E-state index contributed by atoms with van der Waals surface area (Å²) in [4.78, 5) is 40.6. The molecule has 0 aromatic heterocycles. The maximum Gasteiger partial charge on any atom is 0.321 e. The molecule has 0 saturated heterocycles. The summed E-state index contributed by atoms with van der Waals surface area (Å²) in [6, 6.07) is 10.3. The molecule has 0 aliphatic carbocycles.